The number of nitrogens with zero attached hydrogens (tertiary/aromatic N) is 4. The zero-order chi connectivity index (χ0) is 40.6. The molecule has 0 unspecified atom stereocenters. The number of piperidine rings is 2. The van der Waals surface area contributed by atoms with E-state index in [1.165, 1.54) is 36.5 Å². The number of carbonyl (C=O) groups excluding carboxylic acids is 4. The molecule has 5 aliphatic rings. The lowest BCUT2D eigenvalue weighted by Gasteiger charge is -2.37. The smallest absolute Gasteiger partial charge is 0.407 e. The lowest BCUT2D eigenvalue weighted by molar-refractivity contribution is -0.140. The van der Waals surface area contributed by atoms with Crippen molar-refractivity contribution in [3.8, 4) is 44.8 Å². The van der Waals surface area contributed by atoms with Gasteiger partial charge in [0.05, 0.1) is 50.1 Å². The zero-order valence-corrected chi connectivity index (χ0v) is 33.9. The summed E-state index contributed by atoms with van der Waals surface area (Å²) in [5.41, 5.74) is 8.51. The molecule has 2 saturated carbocycles. The molecule has 4 fully saturated rings. The van der Waals surface area contributed by atoms with Crippen molar-refractivity contribution in [1.29, 1.82) is 0 Å². The predicted octanol–water partition coefficient (Wildman–Crippen LogP) is 6.98. The molecule has 0 radical (unpaired) electrons. The quantitative estimate of drug-likeness (QED) is 0.117. The lowest BCUT2D eigenvalue weighted by Crippen LogP contribution is -2.54. The zero-order valence-electron chi connectivity index (χ0n) is 33.9. The van der Waals surface area contributed by atoms with Crippen molar-refractivity contribution in [3.05, 3.63) is 60.4 Å². The van der Waals surface area contributed by atoms with E-state index in [0.717, 1.165) is 72.7 Å². The maximum atomic E-state index is 14.0. The second kappa shape index (κ2) is 14.6. The van der Waals surface area contributed by atoms with Crippen molar-refractivity contribution in [2.45, 2.75) is 102 Å². The van der Waals surface area contributed by atoms with Crippen molar-refractivity contribution in [3.63, 3.8) is 0 Å². The van der Waals surface area contributed by atoms with Gasteiger partial charge in [-0.25, -0.2) is 19.6 Å². The van der Waals surface area contributed by atoms with Crippen LogP contribution in [0.25, 0.3) is 44.8 Å². The van der Waals surface area contributed by atoms with Crippen LogP contribution in [0.2, 0.25) is 0 Å². The molecule has 14 heteroatoms. The van der Waals surface area contributed by atoms with Crippen LogP contribution in [0, 0.1) is 23.7 Å². The molecule has 9 rings (SSSR count). The average molecular weight is 789 g/mol. The highest BCUT2D eigenvalue weighted by Crippen LogP contribution is 2.53. The van der Waals surface area contributed by atoms with Gasteiger partial charge in [-0.05, 0) is 96.6 Å². The van der Waals surface area contributed by atoms with E-state index in [4.69, 9.17) is 19.4 Å². The molecule has 3 aliphatic carbocycles. The van der Waals surface area contributed by atoms with Gasteiger partial charge in [-0.1, -0.05) is 52.0 Å². The maximum Gasteiger partial charge on any atom is 0.407 e. The van der Waals surface area contributed by atoms with Crippen LogP contribution < -0.4 is 10.6 Å². The molecule has 304 valence electrons. The summed E-state index contributed by atoms with van der Waals surface area (Å²) < 4.78 is 9.67. The number of hydrogen-bond donors (Lipinski definition) is 4. The molecule has 2 aliphatic heterocycles. The molecule has 4 amide bonds. The van der Waals surface area contributed by atoms with Crippen LogP contribution in [0.1, 0.15) is 90.0 Å². The monoisotopic (exact) mass is 788 g/mol. The Labute approximate surface area is 337 Å². The number of alkyl carbamates (subject to hydrolysis) is 2. The van der Waals surface area contributed by atoms with E-state index in [-0.39, 0.29) is 47.8 Å². The molecule has 14 nitrogen and oxygen atoms in total. The first-order valence-corrected chi connectivity index (χ1v) is 20.7. The van der Waals surface area contributed by atoms with Crippen LogP contribution >= 0.6 is 0 Å². The number of imidazole rings is 2. The van der Waals surface area contributed by atoms with Gasteiger partial charge in [0.1, 0.15) is 23.7 Å². The number of carbonyl (C=O) groups is 4. The van der Waals surface area contributed by atoms with Gasteiger partial charge in [-0.3, -0.25) is 9.59 Å². The Bertz CT molecular complexity index is 2110. The van der Waals surface area contributed by atoms with E-state index in [9.17, 15) is 19.2 Å². The van der Waals surface area contributed by atoms with Crippen LogP contribution in [-0.4, -0.2) is 92.1 Å². The number of benzene rings is 2. The van der Waals surface area contributed by atoms with E-state index >= 15 is 0 Å². The minimum absolute atomic E-state index is 0.0914. The Morgan fingerprint density at radius 2 is 1.05 bits per heavy atom. The predicted molar refractivity (Wildman–Crippen MR) is 216 cm³/mol. The minimum atomic E-state index is -0.683. The number of H-pyrrole nitrogens is 2. The first-order valence-electron chi connectivity index (χ1n) is 20.7. The van der Waals surface area contributed by atoms with E-state index in [1.54, 1.807) is 0 Å². The highest BCUT2D eigenvalue weighted by atomic mass is 16.5. The van der Waals surface area contributed by atoms with Crippen LogP contribution in [0.3, 0.4) is 0 Å². The number of amides is 4. The molecule has 2 aromatic carbocycles. The molecule has 4 bridgehead atoms. The van der Waals surface area contributed by atoms with Crippen molar-refractivity contribution in [2.75, 3.05) is 14.2 Å². The molecular formula is C44H52N8O6. The van der Waals surface area contributed by atoms with Crippen molar-refractivity contribution in [1.82, 2.24) is 40.4 Å². The molecular weight excluding hydrogens is 737 g/mol. The van der Waals surface area contributed by atoms with Gasteiger partial charge in [0, 0.05) is 23.2 Å². The summed E-state index contributed by atoms with van der Waals surface area (Å²) in [6, 6.07) is 11.4. The molecule has 4 heterocycles. The van der Waals surface area contributed by atoms with E-state index in [1.807, 2.05) is 49.9 Å². The lowest BCUT2D eigenvalue weighted by atomic mass is 9.78. The number of rotatable bonds is 10. The first kappa shape index (κ1) is 37.9. The standard InChI is InChI=1S/C44H52N8O6/c1-21(2)35(49-43(55)57-5)41(53)51-27-11-7-25(15-27)37(51)39-45-19-33(47-39)23-9-13-29-31(17-23)30-14-10-24(18-32(29)30)34-20-46-40(48-34)38-26-8-12-28(16-26)52(38)42(54)36(22(3)4)50-44(56)58-6/h9-10,13-14,17-22,25-28,35-38H,7-8,11-12,15-16H2,1-6H3,(H,45,47)(H,46,48)(H,49,55)(H,50,56)/t25-,26-,27+,28+,35-,36-,37-,38-/m0/s1. The Morgan fingerprint density at radius 1 is 0.638 bits per heavy atom. The number of aromatic amines is 2. The molecule has 0 spiro atoms. The fraction of sp³-hybridized carbons (Fsp3) is 0.500. The Morgan fingerprint density at radius 3 is 1.43 bits per heavy atom. The summed E-state index contributed by atoms with van der Waals surface area (Å²) in [6.45, 7) is 7.72. The maximum absolute atomic E-state index is 14.0. The number of nitrogens with one attached hydrogen (secondary N) is 4. The number of aromatic nitrogens is 4. The Hall–Kier alpha value is -5.66. The molecule has 2 aromatic heterocycles. The van der Waals surface area contributed by atoms with Gasteiger partial charge in [0.25, 0.3) is 0 Å². The van der Waals surface area contributed by atoms with E-state index in [2.05, 4.69) is 57.0 Å². The highest BCUT2D eigenvalue weighted by molar-refractivity contribution is 6.04. The minimum Gasteiger partial charge on any atom is -0.453 e. The van der Waals surface area contributed by atoms with E-state index in [0.29, 0.717) is 11.8 Å². The Balaban J connectivity index is 0.922. The normalized spacial score (nSPS) is 24.7. The van der Waals surface area contributed by atoms with Crippen molar-refractivity contribution in [2.24, 2.45) is 23.7 Å². The second-order valence-corrected chi connectivity index (χ2v) is 17.4. The highest BCUT2D eigenvalue weighted by Gasteiger charge is 2.53. The molecule has 8 atom stereocenters. The molecule has 4 N–H and O–H groups in total. The third kappa shape index (κ3) is 6.22. The topological polar surface area (TPSA) is 175 Å². The molecule has 2 saturated heterocycles. The molecule has 4 aromatic rings. The van der Waals surface area contributed by atoms with Crippen molar-refractivity contribution < 1.29 is 28.7 Å². The van der Waals surface area contributed by atoms with Crippen LogP contribution in [0.4, 0.5) is 9.59 Å². The van der Waals surface area contributed by atoms with Gasteiger partial charge in [-0.2, -0.15) is 0 Å². The number of fused-ring (bicyclic) bond motifs is 8. The van der Waals surface area contributed by atoms with Crippen LogP contribution in [-0.2, 0) is 19.1 Å². The number of hydrogen-bond acceptors (Lipinski definition) is 8. The van der Waals surface area contributed by atoms with Gasteiger partial charge < -0.3 is 39.9 Å². The van der Waals surface area contributed by atoms with Crippen LogP contribution in [0.15, 0.2) is 48.8 Å². The third-order valence-electron chi connectivity index (χ3n) is 13.5. The summed E-state index contributed by atoms with van der Waals surface area (Å²) in [6.07, 6.45) is 8.35. The van der Waals surface area contributed by atoms with Gasteiger partial charge in [-0.15, -0.1) is 0 Å². The second-order valence-electron chi connectivity index (χ2n) is 17.4. The summed E-state index contributed by atoms with van der Waals surface area (Å²) in [5, 5.41) is 5.53. The van der Waals surface area contributed by atoms with Crippen LogP contribution in [0.5, 0.6) is 0 Å². The molecule has 58 heavy (non-hydrogen) atoms. The Kier molecular flexibility index (Phi) is 9.55. The van der Waals surface area contributed by atoms with Gasteiger partial charge in [0.15, 0.2) is 0 Å². The first-order chi connectivity index (χ1) is 27.9. The van der Waals surface area contributed by atoms with Crippen molar-refractivity contribution >= 4 is 24.0 Å². The summed E-state index contributed by atoms with van der Waals surface area (Å²) in [7, 11) is 2.62. The largest absolute Gasteiger partial charge is 0.453 e. The summed E-state index contributed by atoms with van der Waals surface area (Å²) >= 11 is 0. The van der Waals surface area contributed by atoms with Gasteiger partial charge >= 0.3 is 12.2 Å². The SMILES string of the molecule is COC(=O)N[C@H](C(=O)N1[C@@H]2CC[C@@H](C2)[C@H]1c1ncc(-c2ccc3c(c2)-c2ccc(-c4cnc([C@@H]5[C@H]6CC[C@H](C6)N5C(=O)[C@@H](NC(=O)OC)C(C)C)[nH]4)cc2-3)[nH]1)C(C)C. The number of methoxy groups -OCH3 is 2. The number of ether oxygens (including phenoxy) is 2. The summed E-state index contributed by atoms with van der Waals surface area (Å²) in [4.78, 5) is 73.0. The summed E-state index contributed by atoms with van der Waals surface area (Å²) in [5.74, 6) is 1.78. The number of likely N-dealkylation sites (tertiary alicyclic amines) is 2. The fourth-order valence-electron chi connectivity index (χ4n) is 10.6. The third-order valence-corrected chi connectivity index (χ3v) is 13.5. The average Bonchev–Trinajstić information content (AvgIpc) is 4.09. The van der Waals surface area contributed by atoms with E-state index < -0.39 is 24.3 Å². The van der Waals surface area contributed by atoms with Gasteiger partial charge in [0.2, 0.25) is 11.8 Å². The fourth-order valence-corrected chi connectivity index (χ4v) is 10.6.